The smallest absolute Gasteiger partial charge is 0.0561 e. The SMILES string of the molecule is CC1(C)CC(C)(C)c2cc(-n3c4ccccc4c4ccc(N(c5ccc(-c6ccc7ccccc7c6)cc5)c5cccc6ccccc56)cc43)ccc21. The lowest BCUT2D eigenvalue weighted by Gasteiger charge is -2.27. The van der Waals surface area contributed by atoms with E-state index >= 15 is 0 Å². The molecule has 0 fully saturated rings. The zero-order valence-corrected chi connectivity index (χ0v) is 30.8. The summed E-state index contributed by atoms with van der Waals surface area (Å²) >= 11 is 0. The predicted octanol–water partition coefficient (Wildman–Crippen LogP) is 14.2. The van der Waals surface area contributed by atoms with E-state index in [0.717, 1.165) is 23.5 Å². The molecule has 0 amide bonds. The summed E-state index contributed by atoms with van der Waals surface area (Å²) in [6.45, 7) is 9.59. The van der Waals surface area contributed by atoms with Crippen LogP contribution in [0.2, 0.25) is 0 Å². The first-order valence-electron chi connectivity index (χ1n) is 18.8. The van der Waals surface area contributed by atoms with Crippen LogP contribution in [0.1, 0.15) is 45.2 Å². The second-order valence-corrected chi connectivity index (χ2v) is 16.2. The summed E-state index contributed by atoms with van der Waals surface area (Å²) in [6.07, 6.45) is 1.15. The van der Waals surface area contributed by atoms with Crippen molar-refractivity contribution in [3.05, 3.63) is 181 Å². The number of aromatic nitrogens is 1. The van der Waals surface area contributed by atoms with Crippen molar-refractivity contribution in [2.24, 2.45) is 0 Å². The highest BCUT2D eigenvalue weighted by Gasteiger charge is 2.42. The van der Waals surface area contributed by atoms with Gasteiger partial charge in [0, 0.05) is 33.2 Å². The zero-order valence-electron chi connectivity index (χ0n) is 30.8. The Kier molecular flexibility index (Phi) is 6.98. The van der Waals surface area contributed by atoms with E-state index in [1.165, 1.54) is 71.3 Å². The van der Waals surface area contributed by atoms with Crippen molar-refractivity contribution in [1.82, 2.24) is 4.57 Å². The summed E-state index contributed by atoms with van der Waals surface area (Å²) in [5, 5.41) is 7.49. The van der Waals surface area contributed by atoms with Gasteiger partial charge >= 0.3 is 0 Å². The Morgan fingerprint density at radius 2 is 1.08 bits per heavy atom. The topological polar surface area (TPSA) is 8.17 Å². The molecule has 2 heteroatoms. The first kappa shape index (κ1) is 31.6. The van der Waals surface area contributed by atoms with Gasteiger partial charge in [0.15, 0.2) is 0 Å². The Hall–Kier alpha value is -6.12. The fourth-order valence-corrected chi connectivity index (χ4v) is 9.50. The Bertz CT molecular complexity index is 2860. The van der Waals surface area contributed by atoms with Crippen LogP contribution in [0, 0.1) is 0 Å². The third-order valence-corrected chi connectivity index (χ3v) is 11.7. The Balaban J connectivity index is 1.17. The second-order valence-electron chi connectivity index (χ2n) is 16.2. The Morgan fingerprint density at radius 1 is 0.434 bits per heavy atom. The van der Waals surface area contributed by atoms with Crippen molar-refractivity contribution in [3.63, 3.8) is 0 Å². The molecular formula is C51H42N2. The maximum atomic E-state index is 2.49. The van der Waals surface area contributed by atoms with E-state index in [-0.39, 0.29) is 10.8 Å². The van der Waals surface area contributed by atoms with Crippen molar-refractivity contribution in [2.75, 3.05) is 4.90 Å². The first-order chi connectivity index (χ1) is 25.7. The molecule has 0 spiro atoms. The van der Waals surface area contributed by atoms with Crippen molar-refractivity contribution in [3.8, 4) is 16.8 Å². The highest BCUT2D eigenvalue weighted by atomic mass is 15.1. The van der Waals surface area contributed by atoms with Crippen LogP contribution in [-0.4, -0.2) is 4.57 Å². The van der Waals surface area contributed by atoms with Gasteiger partial charge in [-0.1, -0.05) is 143 Å². The number of anilines is 3. The van der Waals surface area contributed by atoms with Gasteiger partial charge in [-0.25, -0.2) is 0 Å². The fraction of sp³-hybridized carbons (Fsp3) is 0.137. The highest BCUT2D eigenvalue weighted by molar-refractivity contribution is 6.11. The third kappa shape index (κ3) is 5.08. The van der Waals surface area contributed by atoms with Gasteiger partial charge in [0.2, 0.25) is 0 Å². The maximum absolute atomic E-state index is 2.49. The van der Waals surface area contributed by atoms with Crippen LogP contribution in [-0.2, 0) is 10.8 Å². The van der Waals surface area contributed by atoms with E-state index in [1.54, 1.807) is 0 Å². The van der Waals surface area contributed by atoms with E-state index in [4.69, 9.17) is 0 Å². The van der Waals surface area contributed by atoms with Crippen LogP contribution in [0.3, 0.4) is 0 Å². The molecule has 0 aliphatic heterocycles. The number of benzene rings is 8. The molecule has 0 saturated heterocycles. The molecule has 0 unspecified atom stereocenters. The lowest BCUT2D eigenvalue weighted by atomic mass is 9.82. The first-order valence-corrected chi connectivity index (χ1v) is 18.8. The molecule has 0 bridgehead atoms. The molecule has 9 aromatic rings. The molecule has 1 aliphatic rings. The summed E-state index contributed by atoms with van der Waals surface area (Å²) in [6, 6.07) is 62.8. The van der Waals surface area contributed by atoms with Gasteiger partial charge in [-0.15, -0.1) is 0 Å². The lowest BCUT2D eigenvalue weighted by Crippen LogP contribution is -2.18. The molecule has 0 N–H and O–H groups in total. The molecule has 0 atom stereocenters. The van der Waals surface area contributed by atoms with Gasteiger partial charge in [0.1, 0.15) is 0 Å². The molecule has 0 radical (unpaired) electrons. The quantitative estimate of drug-likeness (QED) is 0.175. The van der Waals surface area contributed by atoms with E-state index in [0.29, 0.717) is 0 Å². The molecule has 1 aliphatic carbocycles. The van der Waals surface area contributed by atoms with E-state index in [9.17, 15) is 0 Å². The molecule has 0 saturated carbocycles. The largest absolute Gasteiger partial charge is 0.310 e. The van der Waals surface area contributed by atoms with Crippen molar-refractivity contribution < 1.29 is 0 Å². The summed E-state index contributed by atoms with van der Waals surface area (Å²) in [5.74, 6) is 0. The molecular weight excluding hydrogens is 641 g/mol. The van der Waals surface area contributed by atoms with Crippen LogP contribution in [0.25, 0.3) is 60.2 Å². The number of hydrogen-bond acceptors (Lipinski definition) is 1. The number of nitrogens with zero attached hydrogens (tertiary/aromatic N) is 2. The standard InChI is InChI=1S/C51H42N2/c1-50(2)33-51(3,4)46-31-40(27-29-45(46)50)53-48-18-10-9-17-43(48)44-28-26-41(32-49(44)53)52(47-19-11-15-36-13-7-8-16-42(36)47)39-24-22-35(23-25-39)38-21-20-34-12-5-6-14-37(34)30-38/h5-32H,33H2,1-4H3. The summed E-state index contributed by atoms with van der Waals surface area (Å²) < 4.78 is 2.49. The lowest BCUT2D eigenvalue weighted by molar-refractivity contribution is 0.403. The van der Waals surface area contributed by atoms with Gasteiger partial charge in [-0.05, 0) is 110 Å². The van der Waals surface area contributed by atoms with Crippen LogP contribution in [0.5, 0.6) is 0 Å². The van der Waals surface area contributed by atoms with Gasteiger partial charge < -0.3 is 9.47 Å². The van der Waals surface area contributed by atoms with Crippen molar-refractivity contribution in [1.29, 1.82) is 0 Å². The summed E-state index contributed by atoms with van der Waals surface area (Å²) in [4.78, 5) is 2.43. The Morgan fingerprint density at radius 3 is 1.91 bits per heavy atom. The maximum Gasteiger partial charge on any atom is 0.0561 e. The summed E-state index contributed by atoms with van der Waals surface area (Å²) in [7, 11) is 0. The minimum Gasteiger partial charge on any atom is -0.310 e. The minimum atomic E-state index is 0.114. The second kappa shape index (κ2) is 11.7. The van der Waals surface area contributed by atoms with Crippen LogP contribution in [0.4, 0.5) is 17.1 Å². The molecule has 1 aromatic heterocycles. The minimum absolute atomic E-state index is 0.114. The molecule has 1 heterocycles. The average Bonchev–Trinajstić information content (AvgIpc) is 3.60. The highest BCUT2D eigenvalue weighted by Crippen LogP contribution is 2.50. The molecule has 8 aromatic carbocycles. The molecule has 2 nitrogen and oxygen atoms in total. The predicted molar refractivity (Wildman–Crippen MR) is 227 cm³/mol. The van der Waals surface area contributed by atoms with Crippen molar-refractivity contribution in [2.45, 2.75) is 44.9 Å². The van der Waals surface area contributed by atoms with Crippen LogP contribution < -0.4 is 4.90 Å². The van der Waals surface area contributed by atoms with Crippen LogP contribution in [0.15, 0.2) is 170 Å². The van der Waals surface area contributed by atoms with E-state index < -0.39 is 0 Å². The van der Waals surface area contributed by atoms with Gasteiger partial charge in [0.05, 0.1) is 16.7 Å². The van der Waals surface area contributed by atoms with Crippen molar-refractivity contribution >= 4 is 60.4 Å². The van der Waals surface area contributed by atoms with Gasteiger partial charge in [0.25, 0.3) is 0 Å². The Labute approximate surface area is 311 Å². The van der Waals surface area contributed by atoms with E-state index in [2.05, 4.69) is 207 Å². The van der Waals surface area contributed by atoms with Gasteiger partial charge in [-0.3, -0.25) is 0 Å². The molecule has 256 valence electrons. The average molecular weight is 683 g/mol. The molecule has 10 rings (SSSR count). The molecule has 53 heavy (non-hydrogen) atoms. The van der Waals surface area contributed by atoms with E-state index in [1.807, 2.05) is 0 Å². The van der Waals surface area contributed by atoms with Crippen LogP contribution >= 0.6 is 0 Å². The third-order valence-electron chi connectivity index (χ3n) is 11.7. The normalized spacial score (nSPS) is 14.6. The monoisotopic (exact) mass is 682 g/mol. The zero-order chi connectivity index (χ0) is 35.9. The summed E-state index contributed by atoms with van der Waals surface area (Å²) in [5.41, 5.74) is 12.7. The fourth-order valence-electron chi connectivity index (χ4n) is 9.50. The number of hydrogen-bond donors (Lipinski definition) is 0. The van der Waals surface area contributed by atoms with Gasteiger partial charge in [-0.2, -0.15) is 0 Å². The number of para-hydroxylation sites is 1. The number of fused-ring (bicyclic) bond motifs is 6. The number of rotatable bonds is 5.